The summed E-state index contributed by atoms with van der Waals surface area (Å²) in [7, 11) is 0. The molecule has 118 valence electrons. The van der Waals surface area contributed by atoms with E-state index in [4.69, 9.17) is 0 Å². The lowest BCUT2D eigenvalue weighted by Crippen LogP contribution is -2.08. The Kier molecular flexibility index (Phi) is 6.17. The summed E-state index contributed by atoms with van der Waals surface area (Å²) in [6.07, 6.45) is 6.69. The predicted octanol–water partition coefficient (Wildman–Crippen LogP) is 6.63. The van der Waals surface area contributed by atoms with Crippen molar-refractivity contribution in [3.05, 3.63) is 95.6 Å². The molecule has 2 atom stereocenters. The van der Waals surface area contributed by atoms with Gasteiger partial charge in [-0.15, -0.1) is 0 Å². The fraction of sp³-hybridized carbons (Fsp3) is 0.217. The zero-order valence-electron chi connectivity index (χ0n) is 14.4. The molecule has 0 saturated heterocycles. The van der Waals surface area contributed by atoms with Gasteiger partial charge in [0.05, 0.1) is 0 Å². The van der Waals surface area contributed by atoms with Gasteiger partial charge in [-0.1, -0.05) is 99.3 Å². The second kappa shape index (κ2) is 8.33. The molecule has 0 heterocycles. The average Bonchev–Trinajstić information content (AvgIpc) is 2.60. The highest BCUT2D eigenvalue weighted by atomic mass is 14.2. The number of hydrogen-bond donors (Lipinski definition) is 0. The lowest BCUT2D eigenvalue weighted by molar-refractivity contribution is 0.538. The van der Waals surface area contributed by atoms with Crippen LogP contribution in [-0.4, -0.2) is 0 Å². The summed E-state index contributed by atoms with van der Waals surface area (Å²) in [5, 5.41) is 0. The van der Waals surface area contributed by atoms with Crippen LogP contribution in [0.3, 0.4) is 0 Å². The van der Waals surface area contributed by atoms with Crippen molar-refractivity contribution in [3.63, 3.8) is 0 Å². The van der Waals surface area contributed by atoms with E-state index in [2.05, 4.69) is 94.1 Å². The van der Waals surface area contributed by atoms with E-state index in [0.717, 1.165) is 0 Å². The molecule has 0 radical (unpaired) electrons. The summed E-state index contributed by atoms with van der Waals surface area (Å²) < 4.78 is 0. The fourth-order valence-electron chi connectivity index (χ4n) is 2.56. The Hall–Kier alpha value is -2.34. The first-order chi connectivity index (χ1) is 11.1. The standard InChI is InChI=1S/C23H26/c1-18(15-16-22-11-7-5-8-12-22)20(3)21(4)19(2)17-23-13-9-6-10-14-23/h5-18,20H,4H2,1-3H3/b16-15+,19-17+. The lowest BCUT2D eigenvalue weighted by atomic mass is 9.85. The monoisotopic (exact) mass is 302 g/mol. The molecule has 0 nitrogen and oxygen atoms in total. The third-order valence-electron chi connectivity index (χ3n) is 4.42. The Labute approximate surface area is 140 Å². The summed E-state index contributed by atoms with van der Waals surface area (Å²) in [5.74, 6) is 0.858. The normalized spacial score (nSPS) is 14.7. The first kappa shape index (κ1) is 17.0. The Morgan fingerprint density at radius 3 is 1.96 bits per heavy atom. The molecular formula is C23H26. The van der Waals surface area contributed by atoms with Gasteiger partial charge in [-0.2, -0.15) is 0 Å². The maximum atomic E-state index is 4.32. The molecule has 2 rings (SSSR count). The smallest absolute Gasteiger partial charge is 0.0133 e. The Balaban J connectivity index is 2.04. The van der Waals surface area contributed by atoms with Gasteiger partial charge in [0.2, 0.25) is 0 Å². The number of rotatable bonds is 6. The molecule has 2 aromatic carbocycles. The van der Waals surface area contributed by atoms with Crippen LogP contribution in [0.1, 0.15) is 31.9 Å². The number of hydrogen-bond acceptors (Lipinski definition) is 0. The van der Waals surface area contributed by atoms with Crippen molar-refractivity contribution >= 4 is 12.2 Å². The molecule has 2 aromatic rings. The van der Waals surface area contributed by atoms with Crippen molar-refractivity contribution in [2.45, 2.75) is 20.8 Å². The zero-order chi connectivity index (χ0) is 16.7. The van der Waals surface area contributed by atoms with Gasteiger partial charge in [-0.3, -0.25) is 0 Å². The van der Waals surface area contributed by atoms with Crippen LogP contribution in [0.25, 0.3) is 12.2 Å². The minimum Gasteiger partial charge on any atom is -0.0953 e. The van der Waals surface area contributed by atoms with E-state index in [-0.39, 0.29) is 0 Å². The molecule has 0 fully saturated rings. The van der Waals surface area contributed by atoms with Crippen LogP contribution in [0.5, 0.6) is 0 Å². The molecule has 0 saturated carbocycles. The quantitative estimate of drug-likeness (QED) is 0.525. The van der Waals surface area contributed by atoms with E-state index in [1.807, 2.05) is 12.1 Å². The van der Waals surface area contributed by atoms with Crippen LogP contribution in [-0.2, 0) is 0 Å². The van der Waals surface area contributed by atoms with Crippen molar-refractivity contribution in [2.75, 3.05) is 0 Å². The Morgan fingerprint density at radius 2 is 1.39 bits per heavy atom. The lowest BCUT2D eigenvalue weighted by Gasteiger charge is -2.20. The van der Waals surface area contributed by atoms with Crippen LogP contribution in [0.2, 0.25) is 0 Å². The molecular weight excluding hydrogens is 276 g/mol. The molecule has 0 aliphatic heterocycles. The Morgan fingerprint density at radius 1 is 0.870 bits per heavy atom. The van der Waals surface area contributed by atoms with Crippen LogP contribution in [0, 0.1) is 11.8 Å². The third-order valence-corrected chi connectivity index (χ3v) is 4.42. The predicted molar refractivity (Wildman–Crippen MR) is 103 cm³/mol. The van der Waals surface area contributed by atoms with Crippen LogP contribution in [0.15, 0.2) is 84.5 Å². The highest BCUT2D eigenvalue weighted by molar-refractivity contribution is 5.57. The maximum absolute atomic E-state index is 4.32. The van der Waals surface area contributed by atoms with Crippen LogP contribution >= 0.6 is 0 Å². The van der Waals surface area contributed by atoms with Crippen molar-refractivity contribution < 1.29 is 0 Å². The van der Waals surface area contributed by atoms with Crippen molar-refractivity contribution in [1.82, 2.24) is 0 Å². The van der Waals surface area contributed by atoms with E-state index in [9.17, 15) is 0 Å². The van der Waals surface area contributed by atoms with Gasteiger partial charge < -0.3 is 0 Å². The average molecular weight is 302 g/mol. The molecule has 0 aliphatic rings. The van der Waals surface area contributed by atoms with Gasteiger partial charge in [-0.05, 0) is 41.0 Å². The van der Waals surface area contributed by atoms with Crippen LogP contribution < -0.4 is 0 Å². The van der Waals surface area contributed by atoms with Gasteiger partial charge in [0, 0.05) is 0 Å². The summed E-state index contributed by atoms with van der Waals surface area (Å²) in [5.41, 5.74) is 4.93. The first-order valence-electron chi connectivity index (χ1n) is 8.23. The van der Waals surface area contributed by atoms with E-state index < -0.39 is 0 Å². The van der Waals surface area contributed by atoms with Crippen molar-refractivity contribution in [2.24, 2.45) is 11.8 Å². The highest BCUT2D eigenvalue weighted by Gasteiger charge is 2.14. The van der Waals surface area contributed by atoms with E-state index in [1.54, 1.807) is 0 Å². The topological polar surface area (TPSA) is 0 Å². The largest absolute Gasteiger partial charge is 0.0953 e. The van der Waals surface area contributed by atoms with Gasteiger partial charge in [-0.25, -0.2) is 0 Å². The molecule has 0 aromatic heterocycles. The minimum absolute atomic E-state index is 0.412. The van der Waals surface area contributed by atoms with Gasteiger partial charge in [0.1, 0.15) is 0 Å². The number of allylic oxidation sites excluding steroid dienone is 3. The van der Waals surface area contributed by atoms with E-state index in [1.165, 1.54) is 22.3 Å². The van der Waals surface area contributed by atoms with Crippen LogP contribution in [0.4, 0.5) is 0 Å². The molecule has 0 bridgehead atoms. The van der Waals surface area contributed by atoms with Gasteiger partial charge >= 0.3 is 0 Å². The highest BCUT2D eigenvalue weighted by Crippen LogP contribution is 2.27. The van der Waals surface area contributed by atoms with E-state index in [0.29, 0.717) is 11.8 Å². The summed E-state index contributed by atoms with van der Waals surface area (Å²) in [6.45, 7) is 11.0. The molecule has 0 amide bonds. The summed E-state index contributed by atoms with van der Waals surface area (Å²) in [6, 6.07) is 20.9. The molecule has 0 heteroatoms. The summed E-state index contributed by atoms with van der Waals surface area (Å²) >= 11 is 0. The molecule has 23 heavy (non-hydrogen) atoms. The second-order valence-corrected chi connectivity index (χ2v) is 6.18. The maximum Gasteiger partial charge on any atom is -0.0133 e. The Bertz CT molecular complexity index is 674. The second-order valence-electron chi connectivity index (χ2n) is 6.18. The zero-order valence-corrected chi connectivity index (χ0v) is 14.4. The fourth-order valence-corrected chi connectivity index (χ4v) is 2.56. The van der Waals surface area contributed by atoms with Crippen molar-refractivity contribution in [3.8, 4) is 0 Å². The molecule has 0 spiro atoms. The molecule has 2 unspecified atom stereocenters. The minimum atomic E-state index is 0.412. The van der Waals surface area contributed by atoms with Gasteiger partial charge in [0.25, 0.3) is 0 Å². The SMILES string of the molecule is C=C(/C(C)=C/c1ccccc1)C(C)C(C)/C=C/c1ccccc1. The van der Waals surface area contributed by atoms with Gasteiger partial charge in [0.15, 0.2) is 0 Å². The number of benzene rings is 2. The first-order valence-corrected chi connectivity index (χ1v) is 8.23. The summed E-state index contributed by atoms with van der Waals surface area (Å²) in [4.78, 5) is 0. The van der Waals surface area contributed by atoms with Crippen molar-refractivity contribution in [1.29, 1.82) is 0 Å². The molecule has 0 N–H and O–H groups in total. The third kappa shape index (κ3) is 5.10. The molecule has 0 aliphatic carbocycles. The van der Waals surface area contributed by atoms with E-state index >= 15 is 0 Å².